The molecule has 2 aromatic rings. The molecule has 9 nitrogen and oxygen atoms in total. The van der Waals surface area contributed by atoms with E-state index in [1.165, 1.54) is 7.11 Å². The number of hydrogen-bond donors (Lipinski definition) is 2. The predicted octanol–water partition coefficient (Wildman–Crippen LogP) is 3.56. The van der Waals surface area contributed by atoms with Crippen molar-refractivity contribution in [3.05, 3.63) is 59.7 Å². The summed E-state index contributed by atoms with van der Waals surface area (Å²) in [6, 6.07) is 14.7. The number of rotatable bonds is 8. The van der Waals surface area contributed by atoms with Gasteiger partial charge in [-0.25, -0.2) is 4.79 Å². The summed E-state index contributed by atoms with van der Waals surface area (Å²) in [5, 5.41) is 14.6. The van der Waals surface area contributed by atoms with Crippen LogP contribution in [0, 0.1) is 18.3 Å². The molecule has 1 unspecified atom stereocenters. The number of anilines is 1. The molecule has 0 aliphatic heterocycles. The zero-order valence-corrected chi connectivity index (χ0v) is 20.0. The number of nitrogens with one attached hydrogen (secondary N) is 2. The van der Waals surface area contributed by atoms with Gasteiger partial charge in [-0.2, -0.15) is 5.26 Å². The number of amides is 3. The van der Waals surface area contributed by atoms with Crippen LogP contribution in [0.25, 0.3) is 0 Å². The van der Waals surface area contributed by atoms with Crippen molar-refractivity contribution in [2.75, 3.05) is 25.5 Å². The molecule has 0 fully saturated rings. The summed E-state index contributed by atoms with van der Waals surface area (Å²) in [6.07, 6.45) is -0.771. The van der Waals surface area contributed by atoms with E-state index < -0.39 is 36.1 Å². The first-order valence-electron chi connectivity index (χ1n) is 10.7. The first kappa shape index (κ1) is 26.2. The predicted molar refractivity (Wildman–Crippen MR) is 127 cm³/mol. The highest BCUT2D eigenvalue weighted by Gasteiger charge is 2.32. The van der Waals surface area contributed by atoms with Gasteiger partial charge in [-0.3, -0.25) is 9.59 Å². The summed E-state index contributed by atoms with van der Waals surface area (Å²) in [5.41, 5.74) is 1.18. The van der Waals surface area contributed by atoms with Gasteiger partial charge in [-0.1, -0.05) is 29.8 Å². The number of nitrogens with zero attached hydrogens (tertiary/aromatic N) is 2. The second-order valence-electron chi connectivity index (χ2n) is 8.57. The molecule has 0 saturated carbocycles. The molecular weight excluding hydrogens is 436 g/mol. The minimum absolute atomic E-state index is 0.358. The van der Waals surface area contributed by atoms with E-state index in [1.54, 1.807) is 63.2 Å². The smallest absolute Gasteiger partial charge is 0.408 e. The van der Waals surface area contributed by atoms with Crippen LogP contribution in [0.3, 0.4) is 0 Å². The lowest BCUT2D eigenvalue weighted by molar-refractivity contribution is -0.137. The summed E-state index contributed by atoms with van der Waals surface area (Å²) in [6.45, 7) is 6.18. The largest absolute Gasteiger partial charge is 0.497 e. The maximum Gasteiger partial charge on any atom is 0.408 e. The van der Waals surface area contributed by atoms with Crippen LogP contribution in [0.4, 0.5) is 10.5 Å². The number of carbonyl (C=O) groups is 3. The molecule has 180 valence electrons. The van der Waals surface area contributed by atoms with E-state index in [2.05, 4.69) is 10.6 Å². The fourth-order valence-corrected chi connectivity index (χ4v) is 3.16. The van der Waals surface area contributed by atoms with Crippen LogP contribution in [0.15, 0.2) is 48.5 Å². The van der Waals surface area contributed by atoms with Crippen LogP contribution in [-0.2, 0) is 14.3 Å². The normalized spacial score (nSPS) is 11.5. The summed E-state index contributed by atoms with van der Waals surface area (Å²) in [7, 11) is 1.54. The molecule has 0 aliphatic rings. The molecule has 0 aliphatic carbocycles. The molecule has 0 heterocycles. The van der Waals surface area contributed by atoms with Crippen LogP contribution in [-0.4, -0.2) is 48.6 Å². The van der Waals surface area contributed by atoms with Gasteiger partial charge in [0.15, 0.2) is 0 Å². The maximum atomic E-state index is 13.4. The maximum absolute atomic E-state index is 13.4. The Morgan fingerprint density at radius 3 is 2.35 bits per heavy atom. The molecule has 1 atom stereocenters. The second-order valence-corrected chi connectivity index (χ2v) is 8.57. The fourth-order valence-electron chi connectivity index (χ4n) is 3.16. The fraction of sp³-hybridized carbons (Fsp3) is 0.360. The lowest BCUT2D eigenvalue weighted by atomic mass is 10.0. The zero-order chi connectivity index (χ0) is 25.3. The van der Waals surface area contributed by atoms with Crippen molar-refractivity contribution in [2.24, 2.45) is 0 Å². The Balaban J connectivity index is 2.31. The van der Waals surface area contributed by atoms with Crippen molar-refractivity contribution in [1.82, 2.24) is 10.2 Å². The second kappa shape index (κ2) is 11.7. The van der Waals surface area contributed by atoms with E-state index in [0.717, 1.165) is 10.5 Å². The minimum atomic E-state index is -1.10. The first-order chi connectivity index (χ1) is 16.0. The number of nitriles is 1. The third-order valence-corrected chi connectivity index (χ3v) is 4.62. The van der Waals surface area contributed by atoms with Gasteiger partial charge in [0, 0.05) is 5.69 Å². The van der Waals surface area contributed by atoms with Crippen LogP contribution in [0.2, 0.25) is 0 Å². The van der Waals surface area contributed by atoms with Crippen molar-refractivity contribution >= 4 is 23.6 Å². The molecule has 0 radical (unpaired) electrons. The highest BCUT2D eigenvalue weighted by atomic mass is 16.6. The van der Waals surface area contributed by atoms with Crippen LogP contribution in [0.5, 0.6) is 5.75 Å². The SMILES string of the molecule is COc1ccc(NC(=O)C(c2cccc(C)c2)N(CC#N)C(=O)CNC(=O)OC(C)(C)C)cc1. The van der Waals surface area contributed by atoms with Crippen molar-refractivity contribution in [1.29, 1.82) is 5.26 Å². The molecule has 2 aromatic carbocycles. The third-order valence-electron chi connectivity index (χ3n) is 4.62. The molecule has 2 rings (SSSR count). The monoisotopic (exact) mass is 466 g/mol. The van der Waals surface area contributed by atoms with Gasteiger partial charge in [-0.15, -0.1) is 0 Å². The van der Waals surface area contributed by atoms with Crippen molar-refractivity contribution in [3.8, 4) is 11.8 Å². The molecular formula is C25H30N4O5. The Hall–Kier alpha value is -4.06. The van der Waals surface area contributed by atoms with Crippen LogP contribution < -0.4 is 15.4 Å². The molecule has 0 aromatic heterocycles. The number of alkyl carbamates (subject to hydrolysis) is 1. The number of aryl methyl sites for hydroxylation is 1. The summed E-state index contributed by atoms with van der Waals surface area (Å²) in [5.74, 6) is -0.483. The quantitative estimate of drug-likeness (QED) is 0.574. The standard InChI is InChI=1S/C25H30N4O5/c1-17-7-6-8-18(15-17)22(23(31)28-19-9-11-20(33-5)12-10-19)29(14-13-26)21(30)16-27-24(32)34-25(2,3)4/h6-12,15,22H,14,16H2,1-5H3,(H,27,32)(H,28,31). The number of methoxy groups -OCH3 is 1. The van der Waals surface area contributed by atoms with Gasteiger partial charge in [0.25, 0.3) is 5.91 Å². The molecule has 34 heavy (non-hydrogen) atoms. The van der Waals surface area contributed by atoms with E-state index in [0.29, 0.717) is 17.0 Å². The molecule has 0 saturated heterocycles. The van der Waals surface area contributed by atoms with Gasteiger partial charge in [0.1, 0.15) is 30.5 Å². The third kappa shape index (κ3) is 7.81. The van der Waals surface area contributed by atoms with Crippen LogP contribution >= 0.6 is 0 Å². The van der Waals surface area contributed by atoms with Crippen molar-refractivity contribution in [3.63, 3.8) is 0 Å². The van der Waals surface area contributed by atoms with Gasteiger partial charge < -0.3 is 25.0 Å². The van der Waals surface area contributed by atoms with E-state index in [9.17, 15) is 19.6 Å². The number of ether oxygens (including phenoxy) is 2. The lowest BCUT2D eigenvalue weighted by Gasteiger charge is -2.30. The Morgan fingerprint density at radius 2 is 1.79 bits per heavy atom. The lowest BCUT2D eigenvalue weighted by Crippen LogP contribution is -2.46. The summed E-state index contributed by atoms with van der Waals surface area (Å²) >= 11 is 0. The number of benzene rings is 2. The van der Waals surface area contributed by atoms with E-state index >= 15 is 0 Å². The minimum Gasteiger partial charge on any atom is -0.497 e. The molecule has 0 bridgehead atoms. The molecule has 3 amide bonds. The summed E-state index contributed by atoms with van der Waals surface area (Å²) in [4.78, 5) is 39.5. The zero-order valence-electron chi connectivity index (χ0n) is 20.0. The molecule has 0 spiro atoms. The Bertz CT molecular complexity index is 1050. The Labute approximate surface area is 199 Å². The first-order valence-corrected chi connectivity index (χ1v) is 10.7. The Kier molecular flexibility index (Phi) is 9.01. The van der Waals surface area contributed by atoms with Gasteiger partial charge in [0.05, 0.1) is 13.2 Å². The average Bonchev–Trinajstić information content (AvgIpc) is 2.76. The summed E-state index contributed by atoms with van der Waals surface area (Å²) < 4.78 is 10.3. The number of hydrogen-bond acceptors (Lipinski definition) is 6. The average molecular weight is 467 g/mol. The van der Waals surface area contributed by atoms with Gasteiger partial charge in [-0.05, 0) is 57.5 Å². The van der Waals surface area contributed by atoms with E-state index in [4.69, 9.17) is 9.47 Å². The van der Waals surface area contributed by atoms with Crippen LogP contribution in [0.1, 0.15) is 37.9 Å². The Morgan fingerprint density at radius 1 is 1.12 bits per heavy atom. The van der Waals surface area contributed by atoms with Gasteiger partial charge in [0.2, 0.25) is 5.91 Å². The molecule has 2 N–H and O–H groups in total. The van der Waals surface area contributed by atoms with E-state index in [-0.39, 0.29) is 6.54 Å². The molecule has 9 heteroatoms. The van der Waals surface area contributed by atoms with Gasteiger partial charge >= 0.3 is 6.09 Å². The van der Waals surface area contributed by atoms with E-state index in [1.807, 2.05) is 19.1 Å². The topological polar surface area (TPSA) is 121 Å². The number of carbonyl (C=O) groups excluding carboxylic acids is 3. The highest BCUT2D eigenvalue weighted by molar-refractivity contribution is 5.98. The highest BCUT2D eigenvalue weighted by Crippen LogP contribution is 2.25. The van der Waals surface area contributed by atoms with Crippen molar-refractivity contribution in [2.45, 2.75) is 39.3 Å². The van der Waals surface area contributed by atoms with Crippen molar-refractivity contribution < 1.29 is 23.9 Å².